The number of rotatable bonds is 5. The second kappa shape index (κ2) is 6.73. The third-order valence-corrected chi connectivity index (χ3v) is 3.49. The van der Waals surface area contributed by atoms with Gasteiger partial charge in [0.1, 0.15) is 12.4 Å². The van der Waals surface area contributed by atoms with Gasteiger partial charge in [-0.15, -0.1) is 0 Å². The summed E-state index contributed by atoms with van der Waals surface area (Å²) in [5.41, 5.74) is 9.11. The Morgan fingerprint density at radius 1 is 1.05 bits per heavy atom. The monoisotopic (exact) mass is 319 g/mol. The maximum atomic E-state index is 5.85. The average molecular weight is 320 g/mol. The molecule has 0 spiro atoms. The van der Waals surface area contributed by atoms with Crippen molar-refractivity contribution in [3.63, 3.8) is 0 Å². The number of hydrogen-bond donors (Lipinski definition) is 1. The summed E-state index contributed by atoms with van der Waals surface area (Å²) in [4.78, 5) is 0. The van der Waals surface area contributed by atoms with E-state index in [0.29, 0.717) is 13.2 Å². The number of ether oxygens (including phenoxy) is 1. The lowest BCUT2D eigenvalue weighted by Crippen LogP contribution is -2.03. The van der Waals surface area contributed by atoms with Crippen LogP contribution in [0.2, 0.25) is 0 Å². The van der Waals surface area contributed by atoms with Crippen molar-refractivity contribution in [1.82, 2.24) is 0 Å². The molecule has 0 fully saturated rings. The van der Waals surface area contributed by atoms with Crippen LogP contribution in [0.1, 0.15) is 16.7 Å². The van der Waals surface area contributed by atoms with Gasteiger partial charge in [0.05, 0.1) is 0 Å². The summed E-state index contributed by atoms with van der Waals surface area (Å²) in [5, 5.41) is 0. The average Bonchev–Trinajstić information content (AvgIpc) is 2.42. The smallest absolute Gasteiger partial charge is 0.123 e. The van der Waals surface area contributed by atoms with Crippen LogP contribution in [0.3, 0.4) is 0 Å². The van der Waals surface area contributed by atoms with Crippen molar-refractivity contribution in [2.75, 3.05) is 6.54 Å². The third kappa shape index (κ3) is 4.08. The minimum Gasteiger partial charge on any atom is -0.489 e. The number of nitrogens with two attached hydrogens (primary N) is 1. The van der Waals surface area contributed by atoms with Gasteiger partial charge in [0.25, 0.3) is 0 Å². The lowest BCUT2D eigenvalue weighted by molar-refractivity contribution is 0.304. The van der Waals surface area contributed by atoms with E-state index in [1.54, 1.807) is 0 Å². The van der Waals surface area contributed by atoms with Crippen molar-refractivity contribution >= 4 is 15.9 Å². The second-order valence-corrected chi connectivity index (χ2v) is 5.47. The molecular weight excluding hydrogens is 302 g/mol. The van der Waals surface area contributed by atoms with E-state index in [-0.39, 0.29) is 0 Å². The highest BCUT2D eigenvalue weighted by atomic mass is 79.9. The van der Waals surface area contributed by atoms with Crippen molar-refractivity contribution < 1.29 is 4.74 Å². The summed E-state index contributed by atoms with van der Waals surface area (Å²) in [5.74, 6) is 0.917. The summed E-state index contributed by atoms with van der Waals surface area (Å²) in [6.45, 7) is 3.32. The van der Waals surface area contributed by atoms with Crippen LogP contribution in [-0.2, 0) is 13.0 Å². The Bertz CT molecular complexity index is 537. The van der Waals surface area contributed by atoms with Crippen LogP contribution in [0.4, 0.5) is 0 Å². The first-order valence-corrected chi connectivity index (χ1v) is 7.15. The van der Waals surface area contributed by atoms with Crippen LogP contribution >= 0.6 is 15.9 Å². The van der Waals surface area contributed by atoms with Crippen molar-refractivity contribution in [3.8, 4) is 5.75 Å². The van der Waals surface area contributed by atoms with E-state index in [1.807, 2.05) is 25.1 Å². The Kier molecular flexibility index (Phi) is 5.00. The van der Waals surface area contributed by atoms with E-state index in [2.05, 4.69) is 40.2 Å². The molecule has 0 aliphatic rings. The predicted octanol–water partition coefficient (Wildman–Crippen LogP) is 3.84. The SMILES string of the molecule is Cc1ccc(Br)cc1OCc1ccc(CCN)cc1. The summed E-state index contributed by atoms with van der Waals surface area (Å²) in [6.07, 6.45) is 0.922. The van der Waals surface area contributed by atoms with Gasteiger partial charge < -0.3 is 10.5 Å². The van der Waals surface area contributed by atoms with E-state index < -0.39 is 0 Å². The lowest BCUT2D eigenvalue weighted by Gasteiger charge is -2.10. The molecule has 0 aliphatic carbocycles. The van der Waals surface area contributed by atoms with Gasteiger partial charge in [-0.25, -0.2) is 0 Å². The molecule has 2 aromatic rings. The molecule has 0 saturated carbocycles. The van der Waals surface area contributed by atoms with Crippen LogP contribution in [0.5, 0.6) is 5.75 Å². The van der Waals surface area contributed by atoms with Gasteiger partial charge in [0.2, 0.25) is 0 Å². The zero-order valence-corrected chi connectivity index (χ0v) is 12.6. The normalized spacial score (nSPS) is 10.5. The molecule has 100 valence electrons. The number of hydrogen-bond acceptors (Lipinski definition) is 2. The fourth-order valence-electron chi connectivity index (χ4n) is 1.86. The van der Waals surface area contributed by atoms with Crippen LogP contribution in [0.25, 0.3) is 0 Å². The molecule has 2 rings (SSSR count). The highest BCUT2D eigenvalue weighted by Crippen LogP contribution is 2.23. The van der Waals surface area contributed by atoms with Gasteiger partial charge in [-0.05, 0) is 48.7 Å². The second-order valence-electron chi connectivity index (χ2n) is 4.55. The van der Waals surface area contributed by atoms with Gasteiger partial charge in [-0.2, -0.15) is 0 Å². The third-order valence-electron chi connectivity index (χ3n) is 3.00. The molecule has 2 aromatic carbocycles. The molecule has 0 heterocycles. The highest BCUT2D eigenvalue weighted by Gasteiger charge is 2.01. The lowest BCUT2D eigenvalue weighted by atomic mass is 10.1. The Labute approximate surface area is 122 Å². The van der Waals surface area contributed by atoms with E-state index >= 15 is 0 Å². The summed E-state index contributed by atoms with van der Waals surface area (Å²) in [6, 6.07) is 14.5. The minimum atomic E-state index is 0.584. The molecule has 19 heavy (non-hydrogen) atoms. The molecule has 0 saturated heterocycles. The highest BCUT2D eigenvalue weighted by molar-refractivity contribution is 9.10. The van der Waals surface area contributed by atoms with E-state index in [4.69, 9.17) is 10.5 Å². The fourth-order valence-corrected chi connectivity index (χ4v) is 2.20. The summed E-state index contributed by atoms with van der Waals surface area (Å²) in [7, 11) is 0. The molecule has 0 radical (unpaired) electrons. The quantitative estimate of drug-likeness (QED) is 0.908. The number of aryl methyl sites for hydroxylation is 1. The standard InChI is InChI=1S/C16H18BrNO/c1-12-2-7-15(17)10-16(12)19-11-14-5-3-13(4-6-14)8-9-18/h2-7,10H,8-9,11,18H2,1H3. The Morgan fingerprint density at radius 3 is 2.42 bits per heavy atom. The fraction of sp³-hybridized carbons (Fsp3) is 0.250. The summed E-state index contributed by atoms with van der Waals surface area (Å²) >= 11 is 3.46. The first kappa shape index (κ1) is 14.1. The maximum absolute atomic E-state index is 5.85. The molecule has 0 aliphatic heterocycles. The largest absolute Gasteiger partial charge is 0.489 e. The maximum Gasteiger partial charge on any atom is 0.123 e. The van der Waals surface area contributed by atoms with Gasteiger partial charge in [0.15, 0.2) is 0 Å². The van der Waals surface area contributed by atoms with Crippen molar-refractivity contribution in [3.05, 3.63) is 63.6 Å². The van der Waals surface area contributed by atoms with Crippen LogP contribution < -0.4 is 10.5 Å². The molecule has 0 bridgehead atoms. The topological polar surface area (TPSA) is 35.2 Å². The van der Waals surface area contributed by atoms with E-state index in [0.717, 1.165) is 22.2 Å². The van der Waals surface area contributed by atoms with Crippen LogP contribution in [-0.4, -0.2) is 6.54 Å². The zero-order chi connectivity index (χ0) is 13.7. The van der Waals surface area contributed by atoms with Crippen molar-refractivity contribution in [2.45, 2.75) is 20.0 Å². The van der Waals surface area contributed by atoms with Gasteiger partial charge in [-0.3, -0.25) is 0 Å². The molecule has 3 heteroatoms. The molecule has 0 aromatic heterocycles. The predicted molar refractivity (Wildman–Crippen MR) is 82.4 cm³/mol. The Hall–Kier alpha value is -1.32. The van der Waals surface area contributed by atoms with Gasteiger partial charge >= 0.3 is 0 Å². The minimum absolute atomic E-state index is 0.584. The van der Waals surface area contributed by atoms with E-state index in [1.165, 1.54) is 11.1 Å². The number of halogens is 1. The molecular formula is C16H18BrNO. The van der Waals surface area contributed by atoms with Gasteiger partial charge in [0, 0.05) is 4.47 Å². The van der Waals surface area contributed by atoms with E-state index in [9.17, 15) is 0 Å². The van der Waals surface area contributed by atoms with Crippen molar-refractivity contribution in [1.29, 1.82) is 0 Å². The summed E-state index contributed by atoms with van der Waals surface area (Å²) < 4.78 is 6.88. The van der Waals surface area contributed by atoms with Gasteiger partial charge in [-0.1, -0.05) is 46.3 Å². The molecule has 0 unspecified atom stereocenters. The van der Waals surface area contributed by atoms with Crippen molar-refractivity contribution in [2.24, 2.45) is 5.73 Å². The Balaban J connectivity index is 2.00. The van der Waals surface area contributed by atoms with Crippen LogP contribution in [0.15, 0.2) is 46.9 Å². The first-order chi connectivity index (χ1) is 9.19. The number of benzene rings is 2. The molecule has 0 amide bonds. The zero-order valence-electron chi connectivity index (χ0n) is 11.0. The molecule has 0 atom stereocenters. The van der Waals surface area contributed by atoms with Crippen LogP contribution in [0, 0.1) is 6.92 Å². The first-order valence-electron chi connectivity index (χ1n) is 6.36. The molecule has 2 N–H and O–H groups in total. The Morgan fingerprint density at radius 2 is 1.74 bits per heavy atom. The molecule has 2 nitrogen and oxygen atoms in total.